The van der Waals surface area contributed by atoms with Crippen LogP contribution in [-0.2, 0) is 9.59 Å². The highest BCUT2D eigenvalue weighted by Crippen LogP contribution is 2.16. The maximum Gasteiger partial charge on any atom is 0.236 e. The van der Waals surface area contributed by atoms with Gasteiger partial charge in [-0.1, -0.05) is 24.4 Å². The van der Waals surface area contributed by atoms with E-state index in [9.17, 15) is 9.59 Å². The van der Waals surface area contributed by atoms with Crippen molar-refractivity contribution in [2.45, 2.75) is 38.5 Å². The first-order valence-corrected chi connectivity index (χ1v) is 11.2. The maximum absolute atomic E-state index is 12.5. The van der Waals surface area contributed by atoms with Gasteiger partial charge in [0.1, 0.15) is 5.75 Å². The lowest BCUT2D eigenvalue weighted by molar-refractivity contribution is -0.135. The number of halogens is 1. The van der Waals surface area contributed by atoms with Gasteiger partial charge in [0.15, 0.2) is 0 Å². The lowest BCUT2D eigenvalue weighted by atomic mass is 10.2. The molecule has 0 spiro atoms. The molecule has 0 aliphatic carbocycles. The molecule has 1 aromatic rings. The Balaban J connectivity index is 1.30. The van der Waals surface area contributed by atoms with Crippen LogP contribution in [0, 0.1) is 0 Å². The minimum atomic E-state index is 0.170. The third kappa shape index (κ3) is 7.19. The van der Waals surface area contributed by atoms with Crippen LogP contribution in [0.2, 0.25) is 5.02 Å². The van der Waals surface area contributed by atoms with Crippen molar-refractivity contribution in [1.29, 1.82) is 0 Å². The molecule has 0 atom stereocenters. The zero-order valence-corrected chi connectivity index (χ0v) is 17.9. The molecule has 29 heavy (non-hydrogen) atoms. The Morgan fingerprint density at radius 3 is 2.10 bits per heavy atom. The molecular formula is C22H32ClN3O3. The van der Waals surface area contributed by atoms with Gasteiger partial charge in [0, 0.05) is 50.7 Å². The summed E-state index contributed by atoms with van der Waals surface area (Å²) in [5.41, 5.74) is 0. The second-order valence-electron chi connectivity index (χ2n) is 7.86. The molecule has 2 saturated heterocycles. The van der Waals surface area contributed by atoms with Crippen molar-refractivity contribution in [3.05, 3.63) is 29.3 Å². The Morgan fingerprint density at radius 1 is 0.828 bits per heavy atom. The van der Waals surface area contributed by atoms with Crippen LogP contribution in [0.25, 0.3) is 0 Å². The number of piperazine rings is 1. The summed E-state index contributed by atoms with van der Waals surface area (Å²) in [6.45, 7) is 5.73. The predicted molar refractivity (Wildman–Crippen MR) is 114 cm³/mol. The van der Waals surface area contributed by atoms with E-state index in [-0.39, 0.29) is 11.8 Å². The Labute approximate surface area is 178 Å². The quantitative estimate of drug-likeness (QED) is 0.635. The van der Waals surface area contributed by atoms with Crippen molar-refractivity contribution in [1.82, 2.24) is 14.7 Å². The number of amides is 2. The standard InChI is InChI=1S/C22H32ClN3O3/c23-19-7-9-20(10-8-19)29-17-5-6-21(27)26-15-13-24(14-16-26)18-22(28)25-11-3-1-2-4-12-25/h7-10H,1-6,11-18H2. The summed E-state index contributed by atoms with van der Waals surface area (Å²) in [5.74, 6) is 1.18. The summed E-state index contributed by atoms with van der Waals surface area (Å²) < 4.78 is 5.65. The van der Waals surface area contributed by atoms with Crippen LogP contribution in [0.1, 0.15) is 38.5 Å². The van der Waals surface area contributed by atoms with Crippen molar-refractivity contribution in [2.75, 3.05) is 52.4 Å². The van der Waals surface area contributed by atoms with Crippen molar-refractivity contribution in [3.63, 3.8) is 0 Å². The van der Waals surface area contributed by atoms with Gasteiger partial charge in [0.2, 0.25) is 11.8 Å². The Morgan fingerprint density at radius 2 is 1.45 bits per heavy atom. The second-order valence-corrected chi connectivity index (χ2v) is 8.29. The van der Waals surface area contributed by atoms with Crippen LogP contribution >= 0.6 is 11.6 Å². The van der Waals surface area contributed by atoms with Crippen molar-refractivity contribution >= 4 is 23.4 Å². The molecular weight excluding hydrogens is 390 g/mol. The first-order valence-electron chi connectivity index (χ1n) is 10.8. The summed E-state index contributed by atoms with van der Waals surface area (Å²) in [4.78, 5) is 31.1. The molecule has 7 heteroatoms. The third-order valence-electron chi connectivity index (χ3n) is 5.66. The number of carbonyl (C=O) groups is 2. The molecule has 160 valence electrons. The first kappa shape index (κ1) is 21.9. The van der Waals surface area contributed by atoms with E-state index in [0.29, 0.717) is 44.1 Å². The Hall–Kier alpha value is -1.79. The van der Waals surface area contributed by atoms with Gasteiger partial charge in [-0.05, 0) is 43.5 Å². The molecule has 2 fully saturated rings. The number of carbonyl (C=O) groups excluding carboxylic acids is 2. The summed E-state index contributed by atoms with van der Waals surface area (Å²) in [6.07, 6.45) is 5.88. The zero-order valence-electron chi connectivity index (χ0n) is 17.2. The van der Waals surface area contributed by atoms with Gasteiger partial charge in [-0.15, -0.1) is 0 Å². The summed E-state index contributed by atoms with van der Waals surface area (Å²) in [5, 5.41) is 0.680. The fourth-order valence-corrected chi connectivity index (χ4v) is 4.00. The largest absolute Gasteiger partial charge is 0.494 e. The smallest absolute Gasteiger partial charge is 0.236 e. The van der Waals surface area contributed by atoms with E-state index in [2.05, 4.69) is 4.90 Å². The van der Waals surface area contributed by atoms with Crippen molar-refractivity contribution < 1.29 is 14.3 Å². The number of ether oxygens (including phenoxy) is 1. The molecule has 0 N–H and O–H groups in total. The number of hydrogen-bond acceptors (Lipinski definition) is 4. The van der Waals surface area contributed by atoms with Crippen LogP contribution in [-0.4, -0.2) is 78.9 Å². The molecule has 3 rings (SSSR count). The highest BCUT2D eigenvalue weighted by Gasteiger charge is 2.24. The van der Waals surface area contributed by atoms with E-state index >= 15 is 0 Å². The molecule has 0 bridgehead atoms. The molecule has 2 aliphatic rings. The van der Waals surface area contributed by atoms with E-state index in [1.165, 1.54) is 12.8 Å². The fourth-order valence-electron chi connectivity index (χ4n) is 3.87. The number of nitrogens with zero attached hydrogens (tertiary/aromatic N) is 3. The number of likely N-dealkylation sites (tertiary alicyclic amines) is 1. The van der Waals surface area contributed by atoms with Crippen LogP contribution in [0.3, 0.4) is 0 Å². The molecule has 1 aromatic carbocycles. The average Bonchev–Trinajstić information content (AvgIpc) is 3.02. The summed E-state index contributed by atoms with van der Waals surface area (Å²) in [7, 11) is 0. The average molecular weight is 422 g/mol. The van der Waals surface area contributed by atoms with Gasteiger partial charge in [-0.2, -0.15) is 0 Å². The molecule has 6 nitrogen and oxygen atoms in total. The normalized spacial score (nSPS) is 18.4. The first-order chi connectivity index (χ1) is 14.1. The van der Waals surface area contributed by atoms with Gasteiger partial charge in [0.05, 0.1) is 13.2 Å². The number of hydrogen-bond donors (Lipinski definition) is 0. The molecule has 0 radical (unpaired) electrons. The highest BCUT2D eigenvalue weighted by molar-refractivity contribution is 6.30. The molecule has 2 heterocycles. The maximum atomic E-state index is 12.5. The van der Waals surface area contributed by atoms with Crippen LogP contribution in [0.4, 0.5) is 0 Å². The second kappa shape index (κ2) is 11.4. The van der Waals surface area contributed by atoms with Gasteiger partial charge in [0.25, 0.3) is 0 Å². The minimum Gasteiger partial charge on any atom is -0.494 e. The molecule has 2 aliphatic heterocycles. The summed E-state index contributed by atoms with van der Waals surface area (Å²) >= 11 is 5.85. The number of benzene rings is 1. The van der Waals surface area contributed by atoms with E-state index in [0.717, 1.165) is 44.8 Å². The van der Waals surface area contributed by atoms with Crippen molar-refractivity contribution in [2.24, 2.45) is 0 Å². The van der Waals surface area contributed by atoms with E-state index in [4.69, 9.17) is 16.3 Å². The third-order valence-corrected chi connectivity index (χ3v) is 5.91. The lowest BCUT2D eigenvalue weighted by Gasteiger charge is -2.35. The highest BCUT2D eigenvalue weighted by atomic mass is 35.5. The molecule has 0 aromatic heterocycles. The summed E-state index contributed by atoms with van der Waals surface area (Å²) in [6, 6.07) is 7.24. The van der Waals surface area contributed by atoms with E-state index in [1.54, 1.807) is 12.1 Å². The van der Waals surface area contributed by atoms with Crippen LogP contribution in [0.15, 0.2) is 24.3 Å². The predicted octanol–water partition coefficient (Wildman–Crippen LogP) is 3.05. The van der Waals surface area contributed by atoms with Gasteiger partial charge >= 0.3 is 0 Å². The van der Waals surface area contributed by atoms with Gasteiger partial charge in [-0.3, -0.25) is 14.5 Å². The van der Waals surface area contributed by atoms with Gasteiger partial charge in [-0.25, -0.2) is 0 Å². The van der Waals surface area contributed by atoms with Crippen LogP contribution in [0.5, 0.6) is 5.75 Å². The lowest BCUT2D eigenvalue weighted by Crippen LogP contribution is -2.51. The Bertz CT molecular complexity index is 652. The topological polar surface area (TPSA) is 53.1 Å². The van der Waals surface area contributed by atoms with E-state index < -0.39 is 0 Å². The van der Waals surface area contributed by atoms with Gasteiger partial charge < -0.3 is 14.5 Å². The van der Waals surface area contributed by atoms with Crippen LogP contribution < -0.4 is 4.74 Å². The van der Waals surface area contributed by atoms with Crippen molar-refractivity contribution in [3.8, 4) is 5.75 Å². The Kier molecular flexibility index (Phi) is 8.62. The fraction of sp³-hybridized carbons (Fsp3) is 0.636. The SMILES string of the molecule is O=C(CCCOc1ccc(Cl)cc1)N1CCN(CC(=O)N2CCCCCC2)CC1. The molecule has 2 amide bonds. The number of rotatable bonds is 7. The van der Waals surface area contributed by atoms with E-state index in [1.807, 2.05) is 21.9 Å². The molecule has 0 saturated carbocycles. The molecule has 0 unspecified atom stereocenters. The zero-order chi connectivity index (χ0) is 20.5. The minimum absolute atomic E-state index is 0.170. The monoisotopic (exact) mass is 421 g/mol.